The van der Waals surface area contributed by atoms with Crippen molar-refractivity contribution in [3.63, 3.8) is 0 Å². The van der Waals surface area contributed by atoms with Crippen molar-refractivity contribution in [2.24, 2.45) is 17.4 Å². The van der Waals surface area contributed by atoms with Gasteiger partial charge in [0.2, 0.25) is 5.91 Å². The third kappa shape index (κ3) is 14.2. The van der Waals surface area contributed by atoms with Gasteiger partial charge in [-0.15, -0.1) is 0 Å². The number of H-pyrrole nitrogens is 3. The Kier molecular flexibility index (Phi) is 19.4. The van der Waals surface area contributed by atoms with Crippen LogP contribution in [0.1, 0.15) is 151 Å². The van der Waals surface area contributed by atoms with Gasteiger partial charge in [-0.05, 0) is 192 Å². The van der Waals surface area contributed by atoms with E-state index < -0.39 is 11.8 Å². The maximum atomic E-state index is 13.3. The number of fused-ring (bicyclic) bond motifs is 3. The molecule has 0 radical (unpaired) electrons. The molecule has 502 valence electrons. The highest BCUT2D eigenvalue weighted by Crippen LogP contribution is 2.38. The van der Waals surface area contributed by atoms with E-state index in [-0.39, 0.29) is 34.6 Å². The van der Waals surface area contributed by atoms with Crippen molar-refractivity contribution in [3.05, 3.63) is 223 Å². The highest BCUT2D eigenvalue weighted by atomic mass is 16.2. The average molecular weight is 1310 g/mol. The van der Waals surface area contributed by atoms with Gasteiger partial charge in [-0.3, -0.25) is 28.8 Å². The van der Waals surface area contributed by atoms with Gasteiger partial charge in [0.15, 0.2) is 5.78 Å². The fraction of sp³-hybridized carbons (Fsp3) is 0.321. The van der Waals surface area contributed by atoms with E-state index in [1.807, 2.05) is 96.7 Å². The first-order valence-corrected chi connectivity index (χ1v) is 34.2. The van der Waals surface area contributed by atoms with Crippen LogP contribution < -0.4 is 33.0 Å². The molecule has 98 heavy (non-hydrogen) atoms. The van der Waals surface area contributed by atoms with Crippen molar-refractivity contribution in [3.8, 4) is 16.9 Å². The molecule has 20 heteroatoms. The fourth-order valence-electron chi connectivity index (χ4n) is 14.2. The first kappa shape index (κ1) is 66.2. The summed E-state index contributed by atoms with van der Waals surface area (Å²) in [5, 5.41) is 24.9. The molecule has 2 atom stereocenters. The molecule has 1 saturated carbocycles. The number of nitrogens with one attached hydrogen (secondary N) is 6. The predicted molar refractivity (Wildman–Crippen MR) is 384 cm³/mol. The minimum atomic E-state index is -0.453. The third-order valence-electron chi connectivity index (χ3n) is 19.8. The number of Topliss-reactive ketones (excluding diaryl/α,β-unsaturated/α-hetero) is 1. The van der Waals surface area contributed by atoms with E-state index in [0.29, 0.717) is 78.0 Å². The second-order valence-electron chi connectivity index (χ2n) is 26.8. The standard InChI is InChI=1S/C25H26N4O3.C21H22N2O.C19H20N4O.C13H16N4O/c1-16-6-7-17(15-22-19-4-2-3-5-20(19)23(30)27-26-22)14-21(16)25(32)29-12-10-28(11-13-29)24(31)18-8-9-18;1-13-10-17-19(24)5-3-4-16-20(17)18(11-13)23-21(16)15-8-6-14(7-9-15)12-22-2;20-19(24)17-5-1-3-15-12-23(22-18(15)17)16-8-6-13(7-9-16)14-4-2-10-21-11-14;1-13(6-3-7-15-13)12-16-9-5-2-4-8(11(14)18)10(9)17-12/h2-7,14,18H,8-13,15H2,1H3,(H,27,30);6-11,22-23H,3-5,12H2,1-2H3;1,3,5-9,12,14,21H,2,4,10-11H2,(H2,20,24);2,4-5,15H,3,6-7H2,1H3,(H2,14,18)(H,16,17)/t;;14-;13-/m..11/s1. The van der Waals surface area contributed by atoms with Crippen molar-refractivity contribution in [1.29, 1.82) is 0 Å². The number of benzene rings is 7. The summed E-state index contributed by atoms with van der Waals surface area (Å²) in [6.07, 6.45) is 11.6. The van der Waals surface area contributed by atoms with E-state index in [9.17, 15) is 28.8 Å². The largest absolute Gasteiger partial charge is 0.366 e. The molecule has 11 aromatic rings. The number of nitrogens with two attached hydrogens (primary N) is 2. The minimum absolute atomic E-state index is 0.00200. The number of primary amides is 2. The van der Waals surface area contributed by atoms with Crippen molar-refractivity contribution >= 4 is 73.0 Å². The van der Waals surface area contributed by atoms with Crippen molar-refractivity contribution in [1.82, 2.24) is 60.7 Å². The lowest BCUT2D eigenvalue weighted by Gasteiger charge is -2.35. The van der Waals surface area contributed by atoms with Gasteiger partial charge in [0.25, 0.3) is 23.3 Å². The molecule has 4 fully saturated rings. The number of aryl methyl sites for hydroxylation is 3. The number of piperazine rings is 1. The number of carbonyl (C=O) groups excluding carboxylic acids is 5. The number of piperidine rings is 1. The van der Waals surface area contributed by atoms with Crippen LogP contribution in [0.2, 0.25) is 0 Å². The van der Waals surface area contributed by atoms with Gasteiger partial charge in [0.1, 0.15) is 16.9 Å². The highest BCUT2D eigenvalue weighted by Gasteiger charge is 2.36. The van der Waals surface area contributed by atoms with Crippen LogP contribution in [0, 0.1) is 19.8 Å². The van der Waals surface area contributed by atoms with Crippen LogP contribution in [0.15, 0.2) is 151 Å². The number of aromatic nitrogens is 7. The highest BCUT2D eigenvalue weighted by molar-refractivity contribution is 6.11. The first-order chi connectivity index (χ1) is 47.5. The van der Waals surface area contributed by atoms with Crippen LogP contribution in [0.3, 0.4) is 0 Å². The van der Waals surface area contributed by atoms with Crippen molar-refractivity contribution in [2.45, 2.75) is 103 Å². The van der Waals surface area contributed by atoms with Crippen LogP contribution in [0.5, 0.6) is 0 Å². The average Bonchev–Trinajstić information content (AvgIpc) is 1.59. The monoisotopic (exact) mass is 1310 g/mol. The molecule has 16 rings (SSSR count). The van der Waals surface area contributed by atoms with Gasteiger partial charge in [-0.2, -0.15) is 10.2 Å². The fourth-order valence-corrected chi connectivity index (χ4v) is 14.2. The molecule has 2 aliphatic carbocycles. The Labute approximate surface area is 568 Å². The lowest BCUT2D eigenvalue weighted by Crippen LogP contribution is -2.51. The van der Waals surface area contributed by atoms with Crippen LogP contribution in [0.25, 0.3) is 60.6 Å². The zero-order valence-electron chi connectivity index (χ0n) is 56.0. The van der Waals surface area contributed by atoms with Crippen LogP contribution >= 0.6 is 0 Å². The number of amides is 4. The molecule has 0 unspecified atom stereocenters. The molecule has 0 spiro atoms. The van der Waals surface area contributed by atoms with Crippen LogP contribution in [0.4, 0.5) is 0 Å². The van der Waals surface area contributed by atoms with Crippen LogP contribution in [-0.2, 0) is 29.7 Å². The Morgan fingerprint density at radius 1 is 0.694 bits per heavy atom. The number of hydrogen-bond acceptors (Lipinski definition) is 12. The Morgan fingerprint density at radius 3 is 2.12 bits per heavy atom. The molecule has 3 saturated heterocycles. The number of nitrogens with zero attached hydrogens (tertiary/aromatic N) is 6. The quantitative estimate of drug-likeness (QED) is 0.0567. The van der Waals surface area contributed by atoms with Gasteiger partial charge in [-0.1, -0.05) is 84.9 Å². The summed E-state index contributed by atoms with van der Waals surface area (Å²) in [7, 11) is 1.96. The predicted octanol–water partition coefficient (Wildman–Crippen LogP) is 10.8. The molecule has 20 nitrogen and oxygen atoms in total. The van der Waals surface area contributed by atoms with Gasteiger partial charge in [0.05, 0.1) is 39.0 Å². The molecule has 7 aromatic carbocycles. The Bertz CT molecular complexity index is 4870. The number of rotatable bonds is 12. The molecule has 4 aromatic heterocycles. The zero-order chi connectivity index (χ0) is 68.2. The molecule has 5 aliphatic rings. The minimum Gasteiger partial charge on any atom is -0.366 e. The SMILES string of the molecule is CNCc1ccc(-c2[nH]c3cc(C)cc4c3c2CCCC4=O)cc1.C[C@]1(c2nc3c(C(N)=O)cccc3[nH]2)CCCN1.Cc1ccc(Cc2n[nH]c(=O)c3ccccc23)cc1C(=O)N1CCN(C(=O)C2CC2)CC1.NC(=O)c1cccc2cn(-c3ccc([C@@H]4CCCNC4)cc3)nc12. The molecule has 3 aliphatic heterocycles. The van der Waals surface area contributed by atoms with E-state index in [4.69, 9.17) is 11.5 Å². The van der Waals surface area contributed by atoms with E-state index >= 15 is 0 Å². The molecular weight excluding hydrogens is 1230 g/mol. The first-order valence-electron chi connectivity index (χ1n) is 34.2. The zero-order valence-corrected chi connectivity index (χ0v) is 56.0. The molecular formula is C78H84N14O6. The van der Waals surface area contributed by atoms with Crippen LogP contribution in [-0.4, -0.2) is 127 Å². The van der Waals surface area contributed by atoms with E-state index in [1.54, 1.807) is 22.9 Å². The third-order valence-corrected chi connectivity index (χ3v) is 19.8. The Morgan fingerprint density at radius 2 is 1.42 bits per heavy atom. The maximum absolute atomic E-state index is 13.3. The van der Waals surface area contributed by atoms with E-state index in [2.05, 4.69) is 115 Å². The lowest BCUT2D eigenvalue weighted by atomic mass is 9.92. The van der Waals surface area contributed by atoms with Gasteiger partial charge >= 0.3 is 0 Å². The number of ketones is 1. The maximum Gasteiger partial charge on any atom is 0.272 e. The van der Waals surface area contributed by atoms with E-state index in [1.165, 1.54) is 40.8 Å². The topological polar surface area (TPSA) is 288 Å². The number of aromatic amines is 3. The second kappa shape index (κ2) is 28.7. The van der Waals surface area contributed by atoms with Gasteiger partial charge in [-0.25, -0.2) is 14.8 Å². The second-order valence-corrected chi connectivity index (χ2v) is 26.8. The summed E-state index contributed by atoms with van der Waals surface area (Å²) in [6, 6.07) is 45.6. The lowest BCUT2D eigenvalue weighted by molar-refractivity contribution is -0.134. The smallest absolute Gasteiger partial charge is 0.272 e. The summed E-state index contributed by atoms with van der Waals surface area (Å²) >= 11 is 0. The summed E-state index contributed by atoms with van der Waals surface area (Å²) in [4.78, 5) is 88.2. The summed E-state index contributed by atoms with van der Waals surface area (Å²) in [5.74, 6) is 1.31. The number of hydrogen-bond donors (Lipinski definition) is 8. The normalized spacial score (nSPS) is 17.6. The molecule has 7 heterocycles. The molecule has 0 bridgehead atoms. The number of para-hydroxylation sites is 1. The number of carbonyl (C=O) groups is 5. The summed E-state index contributed by atoms with van der Waals surface area (Å²) < 4.78 is 1.81. The summed E-state index contributed by atoms with van der Waals surface area (Å²) in [5.41, 5.74) is 27.3. The van der Waals surface area contributed by atoms with Crippen molar-refractivity contribution in [2.75, 3.05) is 52.9 Å². The molecule has 10 N–H and O–H groups in total. The van der Waals surface area contributed by atoms with E-state index in [0.717, 1.165) is 131 Å². The molecule has 4 amide bonds. The number of imidazole rings is 1. The Hall–Kier alpha value is -10.4. The van der Waals surface area contributed by atoms with Gasteiger partial charge in [0, 0.05) is 103 Å². The Balaban J connectivity index is 0.000000120. The van der Waals surface area contributed by atoms with Gasteiger partial charge < -0.3 is 47.2 Å². The summed E-state index contributed by atoms with van der Waals surface area (Å²) in [6.45, 7) is 12.5. The van der Waals surface area contributed by atoms with Crippen molar-refractivity contribution < 1.29 is 24.0 Å².